The van der Waals surface area contributed by atoms with Crippen molar-refractivity contribution in [2.45, 2.75) is 19.4 Å². The van der Waals surface area contributed by atoms with E-state index in [1.54, 1.807) is 6.07 Å². The topological polar surface area (TPSA) is 29.5 Å². The molecule has 0 amide bonds. The summed E-state index contributed by atoms with van der Waals surface area (Å²) in [6.45, 7) is 1.19. The zero-order valence-corrected chi connectivity index (χ0v) is 10.4. The molecule has 0 fully saturated rings. The van der Waals surface area contributed by atoms with Gasteiger partial charge in [0.05, 0.1) is 6.61 Å². The van der Waals surface area contributed by atoms with E-state index in [4.69, 9.17) is 4.74 Å². The van der Waals surface area contributed by atoms with Gasteiger partial charge in [0.2, 0.25) is 0 Å². The van der Waals surface area contributed by atoms with Gasteiger partial charge >= 0.3 is 0 Å². The molecule has 0 radical (unpaired) electrons. The van der Waals surface area contributed by atoms with E-state index >= 15 is 0 Å². The molecule has 0 saturated carbocycles. The van der Waals surface area contributed by atoms with Gasteiger partial charge < -0.3 is 9.84 Å². The van der Waals surface area contributed by atoms with Gasteiger partial charge in [-0.05, 0) is 24.5 Å². The first-order chi connectivity index (χ1) is 8.86. The van der Waals surface area contributed by atoms with Gasteiger partial charge in [0.25, 0.3) is 0 Å². The molecular weight excluding hydrogens is 224 g/mol. The highest BCUT2D eigenvalue weighted by molar-refractivity contribution is 5.30. The zero-order valence-electron chi connectivity index (χ0n) is 10.4. The van der Waals surface area contributed by atoms with Crippen LogP contribution < -0.4 is 0 Å². The van der Waals surface area contributed by atoms with Crippen molar-refractivity contribution in [3.63, 3.8) is 0 Å². The lowest BCUT2D eigenvalue weighted by Crippen LogP contribution is -1.97. The number of benzene rings is 2. The number of hydrogen-bond donors (Lipinski definition) is 1. The molecule has 0 heterocycles. The number of aromatic hydroxyl groups is 1. The summed E-state index contributed by atoms with van der Waals surface area (Å²) >= 11 is 0. The SMILES string of the molecule is Oc1ccccc1COCCCc1ccccc1. The van der Waals surface area contributed by atoms with Gasteiger partial charge in [-0.1, -0.05) is 48.5 Å². The Morgan fingerprint density at radius 2 is 1.61 bits per heavy atom. The van der Waals surface area contributed by atoms with Crippen LogP contribution in [0.25, 0.3) is 0 Å². The van der Waals surface area contributed by atoms with Crippen LogP contribution in [0.4, 0.5) is 0 Å². The third-order valence-electron chi connectivity index (χ3n) is 2.85. The lowest BCUT2D eigenvalue weighted by molar-refractivity contribution is 0.117. The minimum absolute atomic E-state index is 0.306. The first-order valence-corrected chi connectivity index (χ1v) is 6.25. The molecule has 2 nitrogen and oxygen atoms in total. The molecule has 0 aliphatic carbocycles. The van der Waals surface area contributed by atoms with E-state index < -0.39 is 0 Å². The third-order valence-corrected chi connectivity index (χ3v) is 2.85. The van der Waals surface area contributed by atoms with Crippen LogP contribution in [-0.2, 0) is 17.8 Å². The highest BCUT2D eigenvalue weighted by Crippen LogP contribution is 2.16. The van der Waals surface area contributed by atoms with Crippen LogP contribution in [0.3, 0.4) is 0 Å². The second kappa shape index (κ2) is 6.82. The standard InChI is InChI=1S/C16H18O2/c17-16-11-5-4-10-15(16)13-18-12-6-9-14-7-2-1-3-8-14/h1-5,7-8,10-11,17H,6,9,12-13H2. The number of ether oxygens (including phenoxy) is 1. The van der Waals surface area contributed by atoms with Crippen molar-refractivity contribution < 1.29 is 9.84 Å². The van der Waals surface area contributed by atoms with E-state index in [0.29, 0.717) is 19.0 Å². The highest BCUT2D eigenvalue weighted by Gasteiger charge is 1.99. The predicted octanol–water partition coefficient (Wildman–Crippen LogP) is 3.54. The zero-order chi connectivity index (χ0) is 12.6. The summed E-state index contributed by atoms with van der Waals surface area (Å²) in [6.07, 6.45) is 2.03. The normalized spacial score (nSPS) is 10.4. The van der Waals surface area contributed by atoms with E-state index in [2.05, 4.69) is 24.3 Å². The molecule has 0 atom stereocenters. The summed E-state index contributed by atoms with van der Waals surface area (Å²) in [5.41, 5.74) is 2.18. The number of phenols is 1. The molecule has 0 aliphatic rings. The van der Waals surface area contributed by atoms with Crippen molar-refractivity contribution in [3.05, 3.63) is 65.7 Å². The average molecular weight is 242 g/mol. The number of hydrogen-bond acceptors (Lipinski definition) is 2. The molecule has 18 heavy (non-hydrogen) atoms. The molecule has 94 valence electrons. The summed E-state index contributed by atoms with van der Waals surface area (Å²) in [6, 6.07) is 17.7. The van der Waals surface area contributed by atoms with Gasteiger partial charge in [0.1, 0.15) is 5.75 Å². The minimum Gasteiger partial charge on any atom is -0.508 e. The Morgan fingerprint density at radius 1 is 0.889 bits per heavy atom. The first kappa shape index (κ1) is 12.7. The quantitative estimate of drug-likeness (QED) is 0.785. The van der Waals surface area contributed by atoms with E-state index in [-0.39, 0.29) is 0 Å². The summed E-state index contributed by atoms with van der Waals surface area (Å²) in [5, 5.41) is 9.57. The van der Waals surface area contributed by atoms with Crippen molar-refractivity contribution in [1.82, 2.24) is 0 Å². The van der Waals surface area contributed by atoms with Crippen LogP contribution in [0, 0.1) is 0 Å². The van der Waals surface area contributed by atoms with Crippen LogP contribution in [0.5, 0.6) is 5.75 Å². The fourth-order valence-corrected chi connectivity index (χ4v) is 1.84. The molecular formula is C16H18O2. The van der Waals surface area contributed by atoms with Crippen molar-refractivity contribution in [2.75, 3.05) is 6.61 Å². The molecule has 0 aromatic heterocycles. The molecule has 2 aromatic carbocycles. The van der Waals surface area contributed by atoms with Crippen LogP contribution in [0.2, 0.25) is 0 Å². The van der Waals surface area contributed by atoms with E-state index in [9.17, 15) is 5.11 Å². The summed E-state index contributed by atoms with van der Waals surface area (Å²) < 4.78 is 5.56. The Balaban J connectivity index is 1.66. The molecule has 2 heteroatoms. The summed E-state index contributed by atoms with van der Waals surface area (Å²) in [4.78, 5) is 0. The van der Waals surface area contributed by atoms with E-state index in [1.807, 2.05) is 24.3 Å². The Bertz CT molecular complexity index is 466. The molecule has 2 rings (SSSR count). The molecule has 0 unspecified atom stereocenters. The maximum Gasteiger partial charge on any atom is 0.121 e. The maximum atomic E-state index is 9.57. The molecule has 0 bridgehead atoms. The predicted molar refractivity (Wildman–Crippen MR) is 72.5 cm³/mol. The van der Waals surface area contributed by atoms with Gasteiger partial charge in [-0.15, -0.1) is 0 Å². The Morgan fingerprint density at radius 3 is 2.39 bits per heavy atom. The van der Waals surface area contributed by atoms with Gasteiger partial charge in [0, 0.05) is 12.2 Å². The first-order valence-electron chi connectivity index (χ1n) is 6.25. The Kier molecular flexibility index (Phi) is 4.79. The number of para-hydroxylation sites is 1. The number of aryl methyl sites for hydroxylation is 1. The highest BCUT2D eigenvalue weighted by atomic mass is 16.5. The second-order valence-corrected chi connectivity index (χ2v) is 4.27. The average Bonchev–Trinajstić information content (AvgIpc) is 2.42. The monoisotopic (exact) mass is 242 g/mol. The third kappa shape index (κ3) is 3.90. The van der Waals surface area contributed by atoms with Crippen molar-refractivity contribution in [1.29, 1.82) is 0 Å². The summed E-state index contributed by atoms with van der Waals surface area (Å²) in [7, 11) is 0. The second-order valence-electron chi connectivity index (χ2n) is 4.27. The minimum atomic E-state index is 0.306. The molecule has 0 spiro atoms. The van der Waals surface area contributed by atoms with E-state index in [1.165, 1.54) is 5.56 Å². The Labute approximate surface area is 108 Å². The van der Waals surface area contributed by atoms with Gasteiger partial charge in [-0.2, -0.15) is 0 Å². The van der Waals surface area contributed by atoms with Crippen molar-refractivity contribution >= 4 is 0 Å². The van der Waals surface area contributed by atoms with E-state index in [0.717, 1.165) is 18.4 Å². The van der Waals surface area contributed by atoms with Gasteiger partial charge in [-0.25, -0.2) is 0 Å². The van der Waals surface area contributed by atoms with Crippen LogP contribution in [0.1, 0.15) is 17.5 Å². The van der Waals surface area contributed by atoms with Crippen LogP contribution in [-0.4, -0.2) is 11.7 Å². The lowest BCUT2D eigenvalue weighted by Gasteiger charge is -2.06. The largest absolute Gasteiger partial charge is 0.508 e. The number of phenolic OH excluding ortho intramolecular Hbond substituents is 1. The fourth-order valence-electron chi connectivity index (χ4n) is 1.84. The fraction of sp³-hybridized carbons (Fsp3) is 0.250. The van der Waals surface area contributed by atoms with Crippen LogP contribution in [0.15, 0.2) is 54.6 Å². The van der Waals surface area contributed by atoms with Gasteiger partial charge in [0.15, 0.2) is 0 Å². The van der Waals surface area contributed by atoms with Crippen LogP contribution >= 0.6 is 0 Å². The number of rotatable bonds is 6. The molecule has 0 saturated heterocycles. The summed E-state index contributed by atoms with van der Waals surface area (Å²) in [5.74, 6) is 0.306. The molecule has 0 aliphatic heterocycles. The van der Waals surface area contributed by atoms with Gasteiger partial charge in [-0.3, -0.25) is 0 Å². The van der Waals surface area contributed by atoms with Crippen molar-refractivity contribution in [3.8, 4) is 5.75 Å². The lowest BCUT2D eigenvalue weighted by atomic mass is 10.1. The van der Waals surface area contributed by atoms with Crippen molar-refractivity contribution in [2.24, 2.45) is 0 Å². The maximum absolute atomic E-state index is 9.57. The smallest absolute Gasteiger partial charge is 0.121 e. The molecule has 2 aromatic rings. The molecule has 1 N–H and O–H groups in total. The Hall–Kier alpha value is -1.80.